The third kappa shape index (κ3) is 2.76. The Morgan fingerprint density at radius 3 is 2.78 bits per heavy atom. The molecule has 1 aliphatic heterocycles. The zero-order valence-electron chi connectivity index (χ0n) is 10.9. The predicted octanol–water partition coefficient (Wildman–Crippen LogP) is 2.78. The molecule has 5 heteroatoms. The maximum absolute atomic E-state index is 6.04. The zero-order valence-corrected chi connectivity index (χ0v) is 11.7. The van der Waals surface area contributed by atoms with Crippen LogP contribution in [0.5, 0.6) is 5.75 Å². The van der Waals surface area contributed by atoms with E-state index >= 15 is 0 Å². The standard InChI is InChI=1S/C13H18ClNO3/c1-9(2)18-10-6-11(15-12(14)7-10)13(16-3)4-5-17-8-13/h6-7,9H,4-5,8H2,1-3H3. The number of aromatic nitrogens is 1. The Kier molecular flexibility index (Phi) is 4.10. The van der Waals surface area contributed by atoms with Gasteiger partial charge in [-0.25, -0.2) is 4.98 Å². The number of pyridine rings is 1. The van der Waals surface area contributed by atoms with Crippen LogP contribution in [-0.2, 0) is 15.1 Å². The average molecular weight is 272 g/mol. The molecule has 0 spiro atoms. The van der Waals surface area contributed by atoms with Crippen LogP contribution in [0.3, 0.4) is 0 Å². The van der Waals surface area contributed by atoms with Gasteiger partial charge in [-0.1, -0.05) is 11.6 Å². The second kappa shape index (κ2) is 5.43. The highest BCUT2D eigenvalue weighted by atomic mass is 35.5. The molecule has 0 amide bonds. The van der Waals surface area contributed by atoms with Crippen LogP contribution in [0.4, 0.5) is 0 Å². The van der Waals surface area contributed by atoms with Crippen LogP contribution in [0.2, 0.25) is 5.15 Å². The van der Waals surface area contributed by atoms with Gasteiger partial charge in [0.05, 0.1) is 18.4 Å². The van der Waals surface area contributed by atoms with E-state index in [4.69, 9.17) is 25.8 Å². The first kappa shape index (κ1) is 13.6. The van der Waals surface area contributed by atoms with Gasteiger partial charge in [-0.2, -0.15) is 0 Å². The first-order chi connectivity index (χ1) is 8.55. The van der Waals surface area contributed by atoms with E-state index in [0.717, 1.165) is 12.1 Å². The van der Waals surface area contributed by atoms with Gasteiger partial charge >= 0.3 is 0 Å². The Bertz CT molecular complexity index is 417. The third-order valence-electron chi connectivity index (χ3n) is 2.98. The Balaban J connectivity index is 2.34. The van der Waals surface area contributed by atoms with Crippen LogP contribution in [0.1, 0.15) is 26.0 Å². The van der Waals surface area contributed by atoms with E-state index in [1.807, 2.05) is 19.9 Å². The molecular weight excluding hydrogens is 254 g/mol. The Morgan fingerprint density at radius 1 is 1.44 bits per heavy atom. The molecule has 4 nitrogen and oxygen atoms in total. The lowest BCUT2D eigenvalue weighted by Gasteiger charge is -2.25. The summed E-state index contributed by atoms with van der Waals surface area (Å²) in [5.41, 5.74) is 0.269. The van der Waals surface area contributed by atoms with E-state index in [1.54, 1.807) is 13.2 Å². The molecule has 2 heterocycles. The minimum absolute atomic E-state index is 0.0923. The Hall–Kier alpha value is -0.840. The van der Waals surface area contributed by atoms with Gasteiger partial charge in [-0.15, -0.1) is 0 Å². The number of nitrogens with zero attached hydrogens (tertiary/aromatic N) is 1. The summed E-state index contributed by atoms with van der Waals surface area (Å²) >= 11 is 6.04. The molecule has 0 aliphatic carbocycles. The molecule has 0 N–H and O–H groups in total. The summed E-state index contributed by atoms with van der Waals surface area (Å²) in [7, 11) is 1.67. The van der Waals surface area contributed by atoms with Gasteiger partial charge in [-0.3, -0.25) is 0 Å². The van der Waals surface area contributed by atoms with Gasteiger partial charge in [0, 0.05) is 32.3 Å². The first-order valence-corrected chi connectivity index (χ1v) is 6.41. The second-order valence-electron chi connectivity index (χ2n) is 4.68. The van der Waals surface area contributed by atoms with Gasteiger partial charge in [0.1, 0.15) is 16.5 Å². The summed E-state index contributed by atoms with van der Waals surface area (Å²) in [6, 6.07) is 3.59. The monoisotopic (exact) mass is 271 g/mol. The van der Waals surface area contributed by atoms with Crippen molar-refractivity contribution in [2.75, 3.05) is 20.3 Å². The molecule has 0 saturated carbocycles. The molecule has 1 aromatic rings. The largest absolute Gasteiger partial charge is 0.491 e. The molecular formula is C13H18ClNO3. The van der Waals surface area contributed by atoms with Crippen molar-refractivity contribution < 1.29 is 14.2 Å². The van der Waals surface area contributed by atoms with Crippen molar-refractivity contribution in [1.82, 2.24) is 4.98 Å². The highest BCUT2D eigenvalue weighted by Gasteiger charge is 2.38. The fourth-order valence-electron chi connectivity index (χ4n) is 2.06. The van der Waals surface area contributed by atoms with Gasteiger partial charge in [0.15, 0.2) is 0 Å². The van der Waals surface area contributed by atoms with Crippen LogP contribution >= 0.6 is 11.6 Å². The molecule has 1 atom stereocenters. The van der Waals surface area contributed by atoms with Crippen LogP contribution in [0, 0.1) is 0 Å². The third-order valence-corrected chi connectivity index (χ3v) is 3.18. The average Bonchev–Trinajstić information content (AvgIpc) is 2.76. The smallest absolute Gasteiger partial charge is 0.135 e. The minimum Gasteiger partial charge on any atom is -0.491 e. The van der Waals surface area contributed by atoms with Crippen LogP contribution in [0.25, 0.3) is 0 Å². The number of methoxy groups -OCH3 is 1. The molecule has 1 fully saturated rings. The highest BCUT2D eigenvalue weighted by Crippen LogP contribution is 2.35. The van der Waals surface area contributed by atoms with E-state index in [0.29, 0.717) is 24.1 Å². The molecule has 0 aromatic carbocycles. The van der Waals surface area contributed by atoms with Gasteiger partial charge in [0.25, 0.3) is 0 Å². The molecule has 1 aliphatic rings. The van der Waals surface area contributed by atoms with Crippen molar-refractivity contribution in [3.63, 3.8) is 0 Å². The van der Waals surface area contributed by atoms with Crippen molar-refractivity contribution in [3.8, 4) is 5.75 Å². The van der Waals surface area contributed by atoms with Crippen molar-refractivity contribution in [1.29, 1.82) is 0 Å². The van der Waals surface area contributed by atoms with Crippen LogP contribution in [0.15, 0.2) is 12.1 Å². The number of hydrogen-bond donors (Lipinski definition) is 0. The van der Waals surface area contributed by atoms with Crippen molar-refractivity contribution >= 4 is 11.6 Å². The summed E-state index contributed by atoms with van der Waals surface area (Å²) < 4.78 is 16.7. The number of halogens is 1. The maximum Gasteiger partial charge on any atom is 0.135 e. The molecule has 1 saturated heterocycles. The van der Waals surface area contributed by atoms with E-state index in [2.05, 4.69) is 4.98 Å². The van der Waals surface area contributed by atoms with E-state index in [9.17, 15) is 0 Å². The zero-order chi connectivity index (χ0) is 13.2. The molecule has 0 radical (unpaired) electrons. The van der Waals surface area contributed by atoms with Gasteiger partial charge < -0.3 is 14.2 Å². The molecule has 2 rings (SSSR count). The maximum atomic E-state index is 6.04. The second-order valence-corrected chi connectivity index (χ2v) is 5.07. The fraction of sp³-hybridized carbons (Fsp3) is 0.615. The summed E-state index contributed by atoms with van der Waals surface area (Å²) in [5, 5.41) is 0.409. The van der Waals surface area contributed by atoms with Crippen molar-refractivity contribution in [3.05, 3.63) is 23.0 Å². The molecule has 1 unspecified atom stereocenters. The summed E-state index contributed by atoms with van der Waals surface area (Å²) in [5.74, 6) is 0.711. The van der Waals surface area contributed by atoms with Gasteiger partial charge in [-0.05, 0) is 13.8 Å². The normalized spacial score (nSPS) is 23.6. The Morgan fingerprint density at radius 2 is 2.22 bits per heavy atom. The van der Waals surface area contributed by atoms with Crippen molar-refractivity contribution in [2.45, 2.75) is 32.0 Å². The predicted molar refractivity (Wildman–Crippen MR) is 69.1 cm³/mol. The van der Waals surface area contributed by atoms with E-state index in [1.165, 1.54) is 0 Å². The molecule has 18 heavy (non-hydrogen) atoms. The highest BCUT2D eigenvalue weighted by molar-refractivity contribution is 6.29. The quantitative estimate of drug-likeness (QED) is 0.790. The van der Waals surface area contributed by atoms with Crippen LogP contribution < -0.4 is 4.74 Å². The summed E-state index contributed by atoms with van der Waals surface area (Å²) in [6.07, 6.45) is 0.868. The van der Waals surface area contributed by atoms with Crippen LogP contribution in [-0.4, -0.2) is 31.4 Å². The van der Waals surface area contributed by atoms with Crippen molar-refractivity contribution in [2.24, 2.45) is 0 Å². The van der Waals surface area contributed by atoms with E-state index in [-0.39, 0.29) is 6.10 Å². The first-order valence-electron chi connectivity index (χ1n) is 6.03. The lowest BCUT2D eigenvalue weighted by Crippen LogP contribution is -2.30. The number of rotatable bonds is 4. The van der Waals surface area contributed by atoms with E-state index < -0.39 is 5.60 Å². The SMILES string of the molecule is COC1(c2cc(OC(C)C)cc(Cl)n2)CCOC1. The number of ether oxygens (including phenoxy) is 3. The lowest BCUT2D eigenvalue weighted by atomic mass is 9.98. The fourth-order valence-corrected chi connectivity index (χ4v) is 2.26. The van der Waals surface area contributed by atoms with Gasteiger partial charge in [0.2, 0.25) is 0 Å². The summed E-state index contributed by atoms with van der Waals surface area (Å²) in [6.45, 7) is 5.11. The topological polar surface area (TPSA) is 40.6 Å². The molecule has 0 bridgehead atoms. The number of hydrogen-bond acceptors (Lipinski definition) is 4. The summed E-state index contributed by atoms with van der Waals surface area (Å²) in [4.78, 5) is 4.35. The molecule has 1 aromatic heterocycles. The lowest BCUT2D eigenvalue weighted by molar-refractivity contribution is -0.0248. The Labute approximate surface area is 112 Å². The molecule has 100 valence electrons. The minimum atomic E-state index is -0.500.